The average molecular weight is 550 g/mol. The summed E-state index contributed by atoms with van der Waals surface area (Å²) in [6.45, 7) is 6.01. The number of hydrogen-bond acceptors (Lipinski definition) is 5. The minimum absolute atomic E-state index is 0.126. The summed E-state index contributed by atoms with van der Waals surface area (Å²) in [5.74, 6) is -2.51. The molecule has 0 aliphatic carbocycles. The zero-order valence-electron chi connectivity index (χ0n) is 22.3. The van der Waals surface area contributed by atoms with Crippen molar-refractivity contribution in [3.05, 3.63) is 95.0 Å². The van der Waals surface area contributed by atoms with Gasteiger partial charge in [0, 0.05) is 38.0 Å². The molecule has 3 rings (SSSR count). The molecule has 0 bridgehead atoms. The number of allylic oxidation sites excluding steroid dienone is 1. The summed E-state index contributed by atoms with van der Waals surface area (Å²) in [5, 5.41) is 10.2. The van der Waals surface area contributed by atoms with E-state index in [9.17, 15) is 27.1 Å². The van der Waals surface area contributed by atoms with Crippen LogP contribution in [0.5, 0.6) is 5.75 Å². The number of aliphatic hydroxyl groups is 1. The first-order chi connectivity index (χ1) is 18.2. The number of aromatic nitrogens is 2. The second-order valence-electron chi connectivity index (χ2n) is 9.73. The fraction of sp³-hybridized carbons (Fsp3) is 0.379. The number of alkyl halides is 5. The molecule has 0 saturated carbocycles. The number of anilines is 1. The van der Waals surface area contributed by atoms with E-state index < -0.39 is 28.8 Å². The zero-order valence-corrected chi connectivity index (χ0v) is 22.3. The van der Waals surface area contributed by atoms with Crippen molar-refractivity contribution in [2.24, 2.45) is 0 Å². The van der Waals surface area contributed by atoms with Crippen molar-refractivity contribution in [1.29, 1.82) is 0 Å². The summed E-state index contributed by atoms with van der Waals surface area (Å²) in [7, 11) is 0. The monoisotopic (exact) mass is 549 g/mol. The third-order valence-electron chi connectivity index (χ3n) is 6.10. The Kier molecular flexibility index (Phi) is 9.19. The van der Waals surface area contributed by atoms with Crippen LogP contribution in [0.2, 0.25) is 0 Å². The maximum Gasteiger partial charge on any atom is 0.416 e. The second kappa shape index (κ2) is 12.0. The molecule has 5 nitrogen and oxygen atoms in total. The van der Waals surface area contributed by atoms with E-state index in [0.29, 0.717) is 31.6 Å². The first-order valence-electron chi connectivity index (χ1n) is 12.5. The Labute approximate surface area is 225 Å². The minimum atomic E-state index is -4.82. The molecule has 0 amide bonds. The molecule has 3 aromatic rings. The third-order valence-corrected chi connectivity index (χ3v) is 6.10. The molecule has 39 heavy (non-hydrogen) atoms. The van der Waals surface area contributed by atoms with E-state index in [1.54, 1.807) is 43.0 Å². The van der Waals surface area contributed by atoms with Crippen molar-refractivity contribution < 1.29 is 31.8 Å². The Hall–Kier alpha value is -3.69. The summed E-state index contributed by atoms with van der Waals surface area (Å²) >= 11 is 0. The fourth-order valence-corrected chi connectivity index (χ4v) is 3.94. The van der Waals surface area contributed by atoms with Gasteiger partial charge in [-0.05, 0) is 68.2 Å². The average Bonchev–Trinajstić information content (AvgIpc) is 2.86. The van der Waals surface area contributed by atoms with Crippen LogP contribution in [0, 0.1) is 0 Å². The van der Waals surface area contributed by atoms with Crippen molar-refractivity contribution in [3.63, 3.8) is 0 Å². The lowest BCUT2D eigenvalue weighted by Crippen LogP contribution is -2.30. The largest absolute Gasteiger partial charge is 0.508 e. The Bertz CT molecular complexity index is 1250. The van der Waals surface area contributed by atoms with Gasteiger partial charge >= 0.3 is 6.18 Å². The van der Waals surface area contributed by atoms with E-state index in [0.717, 1.165) is 17.7 Å². The van der Waals surface area contributed by atoms with Gasteiger partial charge in [0.15, 0.2) is 5.60 Å². The van der Waals surface area contributed by atoms with E-state index in [2.05, 4.69) is 9.97 Å². The molecule has 0 radical (unpaired) electrons. The standard InChI is InChI=1S/C29H32F5N3O2/c1-5-7-25(38)27(2,3)39-23-12-8-20(9-13-23)14-17-37(26-35-15-6-16-36-26)19-21-10-11-22(28(4,30)31)18-24(21)29(32,33)34/h6-13,15-16,18,38H,5,14,17,19H2,1-4H3/b25-7-. The normalized spacial score (nSPS) is 12.9. The lowest BCUT2D eigenvalue weighted by Gasteiger charge is -2.26. The first kappa shape index (κ1) is 29.9. The van der Waals surface area contributed by atoms with Crippen molar-refractivity contribution in [2.45, 2.75) is 64.8 Å². The van der Waals surface area contributed by atoms with E-state index in [4.69, 9.17) is 4.74 Å². The number of aliphatic hydroxyl groups excluding tert-OH is 1. The highest BCUT2D eigenvalue weighted by Gasteiger charge is 2.36. The number of halogens is 5. The number of nitrogens with zero attached hydrogens (tertiary/aromatic N) is 3. The maximum atomic E-state index is 13.8. The summed E-state index contributed by atoms with van der Waals surface area (Å²) < 4.78 is 75.0. The number of benzene rings is 2. The van der Waals surface area contributed by atoms with Crippen LogP contribution in [0.3, 0.4) is 0 Å². The molecule has 0 atom stereocenters. The van der Waals surface area contributed by atoms with E-state index in [1.165, 1.54) is 12.4 Å². The van der Waals surface area contributed by atoms with E-state index in [1.807, 2.05) is 19.1 Å². The van der Waals surface area contributed by atoms with E-state index >= 15 is 0 Å². The van der Waals surface area contributed by atoms with Gasteiger partial charge in [-0.1, -0.05) is 31.2 Å². The minimum Gasteiger partial charge on any atom is -0.508 e. The molecule has 0 aliphatic rings. The van der Waals surface area contributed by atoms with Gasteiger partial charge in [-0.25, -0.2) is 18.7 Å². The number of rotatable bonds is 11. The second-order valence-corrected chi connectivity index (χ2v) is 9.73. The third kappa shape index (κ3) is 8.15. The molecule has 10 heteroatoms. The van der Waals surface area contributed by atoms with Crippen molar-refractivity contribution in [2.75, 3.05) is 11.4 Å². The van der Waals surface area contributed by atoms with Gasteiger partial charge in [0.05, 0.1) is 5.56 Å². The first-order valence-corrected chi connectivity index (χ1v) is 12.5. The Morgan fingerprint density at radius 1 is 0.974 bits per heavy atom. The fourth-order valence-electron chi connectivity index (χ4n) is 3.94. The molecule has 1 N–H and O–H groups in total. The molecule has 210 valence electrons. The van der Waals surface area contributed by atoms with Gasteiger partial charge in [-0.15, -0.1) is 0 Å². The van der Waals surface area contributed by atoms with Gasteiger partial charge in [-0.2, -0.15) is 13.2 Å². The smallest absolute Gasteiger partial charge is 0.416 e. The lowest BCUT2D eigenvalue weighted by atomic mass is 10.00. The van der Waals surface area contributed by atoms with Crippen molar-refractivity contribution >= 4 is 5.95 Å². The Balaban J connectivity index is 1.82. The van der Waals surface area contributed by atoms with Gasteiger partial charge in [0.1, 0.15) is 11.5 Å². The van der Waals surface area contributed by atoms with Gasteiger partial charge in [0.25, 0.3) is 5.92 Å². The van der Waals surface area contributed by atoms with Gasteiger partial charge in [-0.3, -0.25) is 0 Å². The van der Waals surface area contributed by atoms with Crippen LogP contribution in [0.25, 0.3) is 0 Å². The molecule has 0 saturated heterocycles. The van der Waals surface area contributed by atoms with Crippen LogP contribution in [0.1, 0.15) is 56.4 Å². The van der Waals surface area contributed by atoms with Gasteiger partial charge < -0.3 is 14.7 Å². The summed E-state index contributed by atoms with van der Waals surface area (Å²) in [6.07, 6.45) is 0.937. The van der Waals surface area contributed by atoms with E-state index in [-0.39, 0.29) is 30.4 Å². The highest BCUT2D eigenvalue weighted by molar-refractivity contribution is 5.40. The molecule has 2 aromatic carbocycles. The van der Waals surface area contributed by atoms with Crippen LogP contribution in [0.4, 0.5) is 27.9 Å². The highest BCUT2D eigenvalue weighted by atomic mass is 19.4. The topological polar surface area (TPSA) is 58.5 Å². The number of hydrogen-bond donors (Lipinski definition) is 1. The number of ether oxygens (including phenoxy) is 1. The predicted octanol–water partition coefficient (Wildman–Crippen LogP) is 7.87. The maximum absolute atomic E-state index is 13.8. The van der Waals surface area contributed by atoms with Gasteiger partial charge in [0.2, 0.25) is 5.95 Å². The van der Waals surface area contributed by atoms with Crippen molar-refractivity contribution in [3.8, 4) is 5.75 Å². The predicted molar refractivity (Wildman–Crippen MR) is 140 cm³/mol. The van der Waals surface area contributed by atoms with Crippen LogP contribution < -0.4 is 9.64 Å². The van der Waals surface area contributed by atoms with Crippen LogP contribution in [-0.2, 0) is 25.1 Å². The summed E-state index contributed by atoms with van der Waals surface area (Å²) in [6, 6.07) is 11.4. The Morgan fingerprint density at radius 3 is 2.18 bits per heavy atom. The molecular weight excluding hydrogens is 517 g/mol. The van der Waals surface area contributed by atoms with Crippen LogP contribution in [0.15, 0.2) is 72.8 Å². The molecule has 0 unspecified atom stereocenters. The van der Waals surface area contributed by atoms with Crippen LogP contribution in [-0.4, -0.2) is 27.2 Å². The molecule has 0 fully saturated rings. The zero-order chi connectivity index (χ0) is 28.8. The molecule has 1 heterocycles. The summed E-state index contributed by atoms with van der Waals surface area (Å²) in [5.41, 5.74) is -2.01. The quantitative estimate of drug-likeness (QED) is 0.195. The lowest BCUT2D eigenvalue weighted by molar-refractivity contribution is -0.138. The molecule has 0 spiro atoms. The van der Waals surface area contributed by atoms with Crippen molar-refractivity contribution in [1.82, 2.24) is 9.97 Å². The Morgan fingerprint density at radius 2 is 1.62 bits per heavy atom. The SMILES string of the molecule is CC/C=C(\O)C(C)(C)Oc1ccc(CCN(Cc2ccc(C(C)(F)F)cc2C(F)(F)F)c2ncccn2)cc1. The molecular formula is C29H32F5N3O2. The van der Waals surface area contributed by atoms with Crippen LogP contribution >= 0.6 is 0 Å². The highest BCUT2D eigenvalue weighted by Crippen LogP contribution is 2.37. The molecule has 1 aromatic heterocycles. The molecule has 0 aliphatic heterocycles. The summed E-state index contributed by atoms with van der Waals surface area (Å²) in [4.78, 5) is 9.95.